The topological polar surface area (TPSA) is 49.9 Å². The van der Waals surface area contributed by atoms with Crippen molar-refractivity contribution in [2.75, 3.05) is 19.6 Å². The summed E-state index contributed by atoms with van der Waals surface area (Å²) in [6.07, 6.45) is 0.824. The van der Waals surface area contributed by atoms with Crippen LogP contribution in [0.5, 0.6) is 5.75 Å². The van der Waals surface area contributed by atoms with Crippen LogP contribution in [0.1, 0.15) is 30.0 Å². The molecule has 2 aliphatic rings. The quantitative estimate of drug-likeness (QED) is 0.783. The van der Waals surface area contributed by atoms with Crippen molar-refractivity contribution in [2.24, 2.45) is 0 Å². The van der Waals surface area contributed by atoms with Gasteiger partial charge >= 0.3 is 0 Å². The minimum Gasteiger partial charge on any atom is -0.483 e. The molecule has 0 bridgehead atoms. The van der Waals surface area contributed by atoms with Crippen LogP contribution in [-0.2, 0) is 16.6 Å². The molecular formula is C20H26N2O3S2. The fourth-order valence-electron chi connectivity index (χ4n) is 4.03. The molecule has 27 heavy (non-hydrogen) atoms. The summed E-state index contributed by atoms with van der Waals surface area (Å²) in [5.41, 5.74) is -0.504. The van der Waals surface area contributed by atoms with Crippen molar-refractivity contribution in [1.82, 2.24) is 9.21 Å². The van der Waals surface area contributed by atoms with Crippen LogP contribution in [0.25, 0.3) is 0 Å². The molecule has 1 aromatic heterocycles. The summed E-state index contributed by atoms with van der Waals surface area (Å²) in [6, 6.07) is 11.3. The molecule has 1 fully saturated rings. The number of sulfonamides is 1. The SMILES string of the molecule is Cc1ccc(CN2CCC3(C2)CN(C(C)C)S(=O)(=O)c2ccccc2O3)s1. The fourth-order valence-corrected chi connectivity index (χ4v) is 6.79. The molecule has 1 aromatic carbocycles. The first-order valence-corrected chi connectivity index (χ1v) is 11.6. The first-order chi connectivity index (χ1) is 12.8. The van der Waals surface area contributed by atoms with Crippen LogP contribution in [0.4, 0.5) is 0 Å². The molecule has 0 radical (unpaired) electrons. The molecule has 0 aliphatic carbocycles. The first-order valence-electron chi connectivity index (χ1n) is 9.37. The van der Waals surface area contributed by atoms with Crippen LogP contribution in [0.15, 0.2) is 41.3 Å². The molecular weight excluding hydrogens is 380 g/mol. The van der Waals surface area contributed by atoms with Crippen LogP contribution < -0.4 is 4.74 Å². The molecule has 3 heterocycles. The Morgan fingerprint density at radius 3 is 2.67 bits per heavy atom. The van der Waals surface area contributed by atoms with Crippen LogP contribution in [0.2, 0.25) is 0 Å². The van der Waals surface area contributed by atoms with Gasteiger partial charge in [0.2, 0.25) is 10.0 Å². The maximum Gasteiger partial charge on any atom is 0.247 e. The van der Waals surface area contributed by atoms with Gasteiger partial charge in [0.05, 0.1) is 6.54 Å². The third-order valence-electron chi connectivity index (χ3n) is 5.35. The van der Waals surface area contributed by atoms with Crippen molar-refractivity contribution in [3.05, 3.63) is 46.2 Å². The largest absolute Gasteiger partial charge is 0.483 e. The monoisotopic (exact) mass is 406 g/mol. The van der Waals surface area contributed by atoms with E-state index < -0.39 is 15.6 Å². The molecule has 2 aliphatic heterocycles. The normalized spacial score (nSPS) is 25.5. The van der Waals surface area contributed by atoms with E-state index in [4.69, 9.17) is 4.74 Å². The van der Waals surface area contributed by atoms with E-state index >= 15 is 0 Å². The van der Waals surface area contributed by atoms with E-state index in [1.54, 1.807) is 22.5 Å². The van der Waals surface area contributed by atoms with Gasteiger partial charge in [0.25, 0.3) is 0 Å². The number of likely N-dealkylation sites (tertiary alicyclic amines) is 1. The molecule has 0 saturated carbocycles. The Hall–Kier alpha value is -1.41. The number of benzene rings is 1. The van der Waals surface area contributed by atoms with Crippen molar-refractivity contribution in [1.29, 1.82) is 0 Å². The zero-order chi connectivity index (χ0) is 19.2. The molecule has 1 unspecified atom stereocenters. The van der Waals surface area contributed by atoms with Crippen LogP contribution in [-0.4, -0.2) is 48.9 Å². The number of rotatable bonds is 3. The van der Waals surface area contributed by atoms with E-state index in [0.717, 1.165) is 26.1 Å². The highest BCUT2D eigenvalue weighted by atomic mass is 32.2. The predicted octanol–water partition coefficient (Wildman–Crippen LogP) is 3.49. The van der Waals surface area contributed by atoms with Gasteiger partial charge in [-0.1, -0.05) is 12.1 Å². The Labute approximate surface area is 165 Å². The summed E-state index contributed by atoms with van der Waals surface area (Å²) >= 11 is 1.82. The lowest BCUT2D eigenvalue weighted by Gasteiger charge is -2.33. The Balaban J connectivity index is 1.65. The van der Waals surface area contributed by atoms with Gasteiger partial charge in [0.1, 0.15) is 16.2 Å². The maximum absolute atomic E-state index is 13.2. The Bertz CT molecular complexity index is 938. The molecule has 0 N–H and O–H groups in total. The lowest BCUT2D eigenvalue weighted by atomic mass is 10.0. The van der Waals surface area contributed by atoms with E-state index in [1.807, 2.05) is 31.3 Å². The van der Waals surface area contributed by atoms with E-state index in [2.05, 4.69) is 24.0 Å². The zero-order valence-corrected chi connectivity index (χ0v) is 17.6. The average molecular weight is 407 g/mol. The molecule has 1 saturated heterocycles. The number of fused-ring (bicyclic) bond motifs is 1. The number of ether oxygens (including phenoxy) is 1. The summed E-state index contributed by atoms with van der Waals surface area (Å²) in [5, 5.41) is 0. The van der Waals surface area contributed by atoms with Crippen LogP contribution >= 0.6 is 11.3 Å². The van der Waals surface area contributed by atoms with Crippen molar-refractivity contribution >= 4 is 21.4 Å². The van der Waals surface area contributed by atoms with Gasteiger partial charge in [0.15, 0.2) is 0 Å². The molecule has 1 spiro atoms. The molecule has 7 heteroatoms. The van der Waals surface area contributed by atoms with Gasteiger partial charge < -0.3 is 4.74 Å². The number of nitrogens with zero attached hydrogens (tertiary/aromatic N) is 2. The van der Waals surface area contributed by atoms with Crippen molar-refractivity contribution in [3.63, 3.8) is 0 Å². The molecule has 4 rings (SSSR count). The molecule has 146 valence electrons. The third-order valence-corrected chi connectivity index (χ3v) is 8.40. The molecule has 5 nitrogen and oxygen atoms in total. The van der Waals surface area contributed by atoms with Gasteiger partial charge in [-0.2, -0.15) is 4.31 Å². The van der Waals surface area contributed by atoms with E-state index in [1.165, 1.54) is 9.75 Å². The highest BCUT2D eigenvalue weighted by molar-refractivity contribution is 7.89. The first kappa shape index (κ1) is 18.9. The second-order valence-corrected chi connectivity index (χ2v) is 11.1. The third kappa shape index (κ3) is 3.53. The van der Waals surface area contributed by atoms with Crippen LogP contribution in [0, 0.1) is 6.92 Å². The highest BCUT2D eigenvalue weighted by Crippen LogP contribution is 2.39. The zero-order valence-electron chi connectivity index (χ0n) is 16.0. The van der Waals surface area contributed by atoms with Gasteiger partial charge in [-0.05, 0) is 45.0 Å². The number of hydrogen-bond donors (Lipinski definition) is 0. The second kappa shape index (κ2) is 6.88. The van der Waals surface area contributed by atoms with Crippen molar-refractivity contribution < 1.29 is 13.2 Å². The molecule has 1 atom stereocenters. The highest BCUT2D eigenvalue weighted by Gasteiger charge is 2.48. The second-order valence-electron chi connectivity index (χ2n) is 7.85. The lowest BCUT2D eigenvalue weighted by Crippen LogP contribution is -2.51. The smallest absolute Gasteiger partial charge is 0.247 e. The maximum atomic E-state index is 13.2. The number of thiophene rings is 1. The summed E-state index contributed by atoms with van der Waals surface area (Å²) in [5.74, 6) is 0.481. The fraction of sp³-hybridized carbons (Fsp3) is 0.500. The lowest BCUT2D eigenvalue weighted by molar-refractivity contribution is 0.0533. The average Bonchev–Trinajstić information content (AvgIpc) is 3.17. The van der Waals surface area contributed by atoms with E-state index in [-0.39, 0.29) is 10.9 Å². The number of para-hydroxylation sites is 1. The molecule has 0 amide bonds. The Kier molecular flexibility index (Phi) is 4.83. The van der Waals surface area contributed by atoms with Crippen LogP contribution in [0.3, 0.4) is 0 Å². The number of hydrogen-bond acceptors (Lipinski definition) is 5. The van der Waals surface area contributed by atoms with E-state index in [9.17, 15) is 8.42 Å². The summed E-state index contributed by atoms with van der Waals surface area (Å²) in [6.45, 7) is 8.90. The standard InChI is InChI=1S/C20H26N2O3S2/c1-15(2)22-14-20(25-18-6-4-5-7-19(18)27(22,23)24)10-11-21(13-20)12-17-9-8-16(3)26-17/h4-9,15H,10-14H2,1-3H3. The molecule has 2 aromatic rings. The van der Waals surface area contributed by atoms with Crippen molar-refractivity contribution in [3.8, 4) is 5.75 Å². The minimum absolute atomic E-state index is 0.115. The summed E-state index contributed by atoms with van der Waals surface area (Å²) in [7, 11) is -3.56. The van der Waals surface area contributed by atoms with Gasteiger partial charge in [-0.25, -0.2) is 8.42 Å². The minimum atomic E-state index is -3.56. The van der Waals surface area contributed by atoms with E-state index in [0.29, 0.717) is 12.3 Å². The predicted molar refractivity (Wildman–Crippen MR) is 108 cm³/mol. The Morgan fingerprint density at radius 2 is 1.96 bits per heavy atom. The summed E-state index contributed by atoms with van der Waals surface area (Å²) < 4.78 is 34.5. The van der Waals surface area contributed by atoms with Crippen molar-refractivity contribution in [2.45, 2.75) is 50.3 Å². The van der Waals surface area contributed by atoms with Gasteiger partial charge in [-0.3, -0.25) is 4.90 Å². The van der Waals surface area contributed by atoms with Gasteiger partial charge in [-0.15, -0.1) is 11.3 Å². The Morgan fingerprint density at radius 1 is 1.19 bits per heavy atom. The van der Waals surface area contributed by atoms with Gasteiger partial charge in [0, 0.05) is 41.9 Å². The number of aryl methyl sites for hydroxylation is 1. The summed E-state index contributed by atoms with van der Waals surface area (Å²) in [4.78, 5) is 5.31.